The summed E-state index contributed by atoms with van der Waals surface area (Å²) in [7, 11) is 1.65. The molecule has 106 valence electrons. The quantitative estimate of drug-likeness (QED) is 0.821. The first-order valence-electron chi connectivity index (χ1n) is 7.28. The molecular formula is C16H25NO2. The van der Waals surface area contributed by atoms with Gasteiger partial charge in [0.1, 0.15) is 5.75 Å². The van der Waals surface area contributed by atoms with Crippen LogP contribution in [0.1, 0.15) is 37.9 Å². The van der Waals surface area contributed by atoms with Crippen LogP contribution < -0.4 is 4.74 Å². The SMILES string of the molecule is CCN(CC1CCC1)CC(O)c1ccccc1OC. The molecule has 1 atom stereocenters. The Hall–Kier alpha value is -1.06. The van der Waals surface area contributed by atoms with Gasteiger partial charge in [0.2, 0.25) is 0 Å². The minimum absolute atomic E-state index is 0.476. The number of para-hydroxylation sites is 1. The van der Waals surface area contributed by atoms with Crippen molar-refractivity contribution in [2.24, 2.45) is 5.92 Å². The van der Waals surface area contributed by atoms with E-state index < -0.39 is 6.10 Å². The van der Waals surface area contributed by atoms with Crippen LogP contribution in [0.15, 0.2) is 24.3 Å². The monoisotopic (exact) mass is 263 g/mol. The van der Waals surface area contributed by atoms with Crippen LogP contribution in [0.3, 0.4) is 0 Å². The minimum Gasteiger partial charge on any atom is -0.496 e. The lowest BCUT2D eigenvalue weighted by Gasteiger charge is -2.33. The van der Waals surface area contributed by atoms with Crippen LogP contribution in [0, 0.1) is 5.92 Å². The molecule has 3 heteroatoms. The zero-order valence-electron chi connectivity index (χ0n) is 12.0. The van der Waals surface area contributed by atoms with Crippen molar-refractivity contribution in [3.8, 4) is 5.75 Å². The lowest BCUT2D eigenvalue weighted by molar-refractivity contribution is 0.0924. The molecule has 2 rings (SSSR count). The first-order valence-corrected chi connectivity index (χ1v) is 7.28. The van der Waals surface area contributed by atoms with Gasteiger partial charge in [0.25, 0.3) is 0 Å². The number of aliphatic hydroxyl groups is 1. The third kappa shape index (κ3) is 3.71. The number of aliphatic hydroxyl groups excluding tert-OH is 1. The standard InChI is InChI=1S/C16H25NO2/c1-3-17(11-13-7-6-8-13)12-15(18)14-9-4-5-10-16(14)19-2/h4-5,9-10,13,15,18H,3,6-8,11-12H2,1-2H3. The molecule has 1 unspecified atom stereocenters. The molecule has 19 heavy (non-hydrogen) atoms. The van der Waals surface area contributed by atoms with Crippen LogP contribution in [0.4, 0.5) is 0 Å². The molecule has 0 saturated heterocycles. The molecule has 3 nitrogen and oxygen atoms in total. The molecule has 1 aliphatic rings. The fraction of sp³-hybridized carbons (Fsp3) is 0.625. The lowest BCUT2D eigenvalue weighted by Crippen LogP contribution is -2.35. The van der Waals surface area contributed by atoms with Crippen LogP contribution in [-0.4, -0.2) is 36.8 Å². The largest absolute Gasteiger partial charge is 0.496 e. The molecule has 0 radical (unpaired) electrons. The maximum atomic E-state index is 10.4. The van der Waals surface area contributed by atoms with Gasteiger partial charge < -0.3 is 14.7 Å². The van der Waals surface area contributed by atoms with Crippen molar-refractivity contribution in [3.05, 3.63) is 29.8 Å². The normalized spacial score (nSPS) is 17.3. The van der Waals surface area contributed by atoms with Gasteiger partial charge in [0, 0.05) is 18.7 Å². The molecule has 1 fully saturated rings. The van der Waals surface area contributed by atoms with Crippen molar-refractivity contribution < 1.29 is 9.84 Å². The van der Waals surface area contributed by atoms with E-state index in [-0.39, 0.29) is 0 Å². The van der Waals surface area contributed by atoms with Crippen molar-refractivity contribution in [1.82, 2.24) is 4.90 Å². The molecule has 0 aromatic heterocycles. The molecular weight excluding hydrogens is 238 g/mol. The summed E-state index contributed by atoms with van der Waals surface area (Å²) in [6, 6.07) is 7.73. The van der Waals surface area contributed by atoms with Crippen molar-refractivity contribution in [2.75, 3.05) is 26.7 Å². The summed E-state index contributed by atoms with van der Waals surface area (Å²) in [5.74, 6) is 1.61. The van der Waals surface area contributed by atoms with Gasteiger partial charge in [-0.05, 0) is 31.4 Å². The Morgan fingerprint density at radius 1 is 1.37 bits per heavy atom. The average Bonchev–Trinajstić information content (AvgIpc) is 2.41. The van der Waals surface area contributed by atoms with Gasteiger partial charge >= 0.3 is 0 Å². The average molecular weight is 263 g/mol. The first-order chi connectivity index (χ1) is 9.24. The molecule has 0 amide bonds. The van der Waals surface area contributed by atoms with Crippen LogP contribution in [0.2, 0.25) is 0 Å². The van der Waals surface area contributed by atoms with E-state index in [4.69, 9.17) is 4.74 Å². The van der Waals surface area contributed by atoms with E-state index in [9.17, 15) is 5.11 Å². The zero-order chi connectivity index (χ0) is 13.7. The predicted molar refractivity (Wildman–Crippen MR) is 77.4 cm³/mol. The maximum absolute atomic E-state index is 10.4. The Balaban J connectivity index is 1.95. The molecule has 1 saturated carbocycles. The fourth-order valence-electron chi connectivity index (χ4n) is 2.66. The molecule has 0 spiro atoms. The van der Waals surface area contributed by atoms with Crippen LogP contribution in [0.25, 0.3) is 0 Å². The highest BCUT2D eigenvalue weighted by Crippen LogP contribution is 2.29. The van der Waals surface area contributed by atoms with Crippen molar-refractivity contribution in [2.45, 2.75) is 32.3 Å². The summed E-state index contributed by atoms with van der Waals surface area (Å²) >= 11 is 0. The van der Waals surface area contributed by atoms with Crippen molar-refractivity contribution in [1.29, 1.82) is 0 Å². The molecule has 1 aromatic carbocycles. The first kappa shape index (κ1) is 14.4. The van der Waals surface area contributed by atoms with Gasteiger partial charge in [-0.25, -0.2) is 0 Å². The number of benzene rings is 1. The summed E-state index contributed by atoms with van der Waals surface area (Å²) in [5, 5.41) is 10.4. The Morgan fingerprint density at radius 2 is 2.11 bits per heavy atom. The highest BCUT2D eigenvalue weighted by Gasteiger charge is 2.22. The smallest absolute Gasteiger partial charge is 0.124 e. The number of nitrogens with zero attached hydrogens (tertiary/aromatic N) is 1. The van der Waals surface area contributed by atoms with E-state index in [2.05, 4.69) is 11.8 Å². The van der Waals surface area contributed by atoms with Gasteiger partial charge in [0.05, 0.1) is 13.2 Å². The van der Waals surface area contributed by atoms with Crippen molar-refractivity contribution in [3.63, 3.8) is 0 Å². The second-order valence-corrected chi connectivity index (χ2v) is 5.41. The number of rotatable bonds is 7. The lowest BCUT2D eigenvalue weighted by atomic mass is 9.85. The van der Waals surface area contributed by atoms with E-state index in [0.29, 0.717) is 6.54 Å². The second-order valence-electron chi connectivity index (χ2n) is 5.41. The Labute approximate surface area is 116 Å². The Bertz CT molecular complexity index is 390. The summed E-state index contributed by atoms with van der Waals surface area (Å²) in [4.78, 5) is 2.35. The van der Waals surface area contributed by atoms with E-state index in [1.165, 1.54) is 19.3 Å². The second kappa shape index (κ2) is 6.92. The zero-order valence-corrected chi connectivity index (χ0v) is 12.0. The molecule has 1 N–H and O–H groups in total. The highest BCUT2D eigenvalue weighted by molar-refractivity contribution is 5.35. The third-order valence-corrected chi connectivity index (χ3v) is 4.12. The van der Waals surface area contributed by atoms with E-state index >= 15 is 0 Å². The number of methoxy groups -OCH3 is 1. The molecule has 1 aliphatic carbocycles. The van der Waals surface area contributed by atoms with Gasteiger partial charge in [-0.1, -0.05) is 31.5 Å². The van der Waals surface area contributed by atoms with Crippen LogP contribution >= 0.6 is 0 Å². The predicted octanol–water partition coefficient (Wildman–Crippen LogP) is 2.85. The third-order valence-electron chi connectivity index (χ3n) is 4.12. The van der Waals surface area contributed by atoms with Gasteiger partial charge in [-0.3, -0.25) is 0 Å². The Morgan fingerprint density at radius 3 is 2.68 bits per heavy atom. The minimum atomic E-state index is -0.476. The fourth-order valence-corrected chi connectivity index (χ4v) is 2.66. The number of hydrogen-bond acceptors (Lipinski definition) is 3. The molecule has 0 aliphatic heterocycles. The summed E-state index contributed by atoms with van der Waals surface area (Å²) in [5.41, 5.74) is 0.886. The topological polar surface area (TPSA) is 32.7 Å². The van der Waals surface area contributed by atoms with Crippen LogP contribution in [-0.2, 0) is 0 Å². The van der Waals surface area contributed by atoms with Gasteiger partial charge in [0.15, 0.2) is 0 Å². The molecule has 0 bridgehead atoms. The van der Waals surface area contributed by atoms with Gasteiger partial charge in [-0.15, -0.1) is 0 Å². The van der Waals surface area contributed by atoms with E-state index in [0.717, 1.165) is 30.3 Å². The number of hydrogen-bond donors (Lipinski definition) is 1. The van der Waals surface area contributed by atoms with Crippen molar-refractivity contribution >= 4 is 0 Å². The number of ether oxygens (including phenoxy) is 1. The van der Waals surface area contributed by atoms with Crippen LogP contribution in [0.5, 0.6) is 5.75 Å². The highest BCUT2D eigenvalue weighted by atomic mass is 16.5. The molecule has 1 aromatic rings. The summed E-state index contributed by atoms with van der Waals surface area (Å²) < 4.78 is 5.32. The van der Waals surface area contributed by atoms with E-state index in [1.807, 2.05) is 24.3 Å². The Kier molecular flexibility index (Phi) is 5.23. The number of likely N-dealkylation sites (N-methyl/N-ethyl adjacent to an activating group) is 1. The summed E-state index contributed by atoms with van der Waals surface area (Å²) in [6.07, 6.45) is 3.59. The van der Waals surface area contributed by atoms with E-state index in [1.54, 1.807) is 7.11 Å². The summed E-state index contributed by atoms with van der Waals surface area (Å²) in [6.45, 7) is 4.95. The maximum Gasteiger partial charge on any atom is 0.124 e. The van der Waals surface area contributed by atoms with Gasteiger partial charge in [-0.2, -0.15) is 0 Å². The molecule has 0 heterocycles.